The van der Waals surface area contributed by atoms with Gasteiger partial charge in [0.15, 0.2) is 16.1 Å². The van der Waals surface area contributed by atoms with Crippen molar-refractivity contribution in [1.82, 2.24) is 19.7 Å². The van der Waals surface area contributed by atoms with Crippen LogP contribution in [-0.2, 0) is 11.3 Å². The van der Waals surface area contributed by atoms with Gasteiger partial charge in [-0.05, 0) is 37.4 Å². The van der Waals surface area contributed by atoms with Gasteiger partial charge < -0.3 is 4.57 Å². The van der Waals surface area contributed by atoms with E-state index in [4.69, 9.17) is 0 Å². The van der Waals surface area contributed by atoms with Crippen LogP contribution in [0.2, 0.25) is 0 Å². The Labute approximate surface area is 175 Å². The molecule has 144 valence electrons. The third-order valence-corrected chi connectivity index (χ3v) is 7.11. The van der Waals surface area contributed by atoms with E-state index in [9.17, 15) is 4.79 Å². The molecule has 0 aliphatic heterocycles. The number of para-hydroxylation sites is 1. The minimum Gasteiger partial charge on any atom is -0.302 e. The van der Waals surface area contributed by atoms with E-state index < -0.39 is 0 Å². The molecule has 0 saturated heterocycles. The zero-order chi connectivity index (χ0) is 19.5. The Morgan fingerprint density at radius 1 is 1.18 bits per heavy atom. The topological polar surface area (TPSA) is 63.9 Å². The number of thiazole rings is 1. The second-order valence-corrected chi connectivity index (χ2v) is 8.82. The van der Waals surface area contributed by atoms with Crippen LogP contribution in [0.15, 0.2) is 46.9 Å². The number of anilines is 1. The van der Waals surface area contributed by atoms with Crippen molar-refractivity contribution in [3.05, 3.63) is 41.8 Å². The summed E-state index contributed by atoms with van der Waals surface area (Å²) in [6, 6.07) is 12.0. The summed E-state index contributed by atoms with van der Waals surface area (Å²) in [5, 5.41) is 12.2. The molecule has 4 rings (SSSR count). The van der Waals surface area contributed by atoms with E-state index in [2.05, 4.69) is 26.7 Å². The minimum atomic E-state index is 0.0230. The summed E-state index contributed by atoms with van der Waals surface area (Å²) >= 11 is 4.60. The number of aromatic nitrogens is 4. The lowest BCUT2D eigenvalue weighted by Crippen LogP contribution is -2.32. The molecule has 0 spiro atoms. The maximum atomic E-state index is 12.9. The van der Waals surface area contributed by atoms with E-state index in [1.165, 1.54) is 11.8 Å². The first-order valence-corrected chi connectivity index (χ1v) is 11.6. The highest BCUT2D eigenvalue weighted by Crippen LogP contribution is 2.30. The number of fused-ring (bicyclic) bond motifs is 1. The first-order valence-electron chi connectivity index (χ1n) is 8.97. The summed E-state index contributed by atoms with van der Waals surface area (Å²) in [6.07, 6.45) is 0. The molecule has 0 saturated carbocycles. The largest absolute Gasteiger partial charge is 0.302 e. The molecule has 0 aliphatic carbocycles. The van der Waals surface area contributed by atoms with E-state index in [-0.39, 0.29) is 5.91 Å². The number of benzene rings is 1. The fourth-order valence-electron chi connectivity index (χ4n) is 2.87. The van der Waals surface area contributed by atoms with Gasteiger partial charge in [0.2, 0.25) is 5.91 Å². The SMILES string of the molecule is CCN(C(=O)CSc1nnc(-c2cccs2)n1CC)c1nc2ccccc2s1. The van der Waals surface area contributed by atoms with E-state index in [1.807, 2.05) is 48.7 Å². The molecule has 0 unspecified atom stereocenters. The van der Waals surface area contributed by atoms with Crippen molar-refractivity contribution in [2.45, 2.75) is 25.5 Å². The summed E-state index contributed by atoms with van der Waals surface area (Å²) in [6.45, 7) is 5.37. The van der Waals surface area contributed by atoms with Gasteiger partial charge in [-0.1, -0.05) is 41.3 Å². The number of hydrogen-bond acceptors (Lipinski definition) is 7. The predicted octanol–water partition coefficient (Wildman–Crippen LogP) is 4.78. The molecule has 1 aromatic carbocycles. The number of rotatable bonds is 7. The Bertz CT molecular complexity index is 1050. The maximum Gasteiger partial charge on any atom is 0.239 e. The van der Waals surface area contributed by atoms with Crippen LogP contribution in [0.5, 0.6) is 0 Å². The number of thioether (sulfide) groups is 1. The van der Waals surface area contributed by atoms with Gasteiger partial charge in [0, 0.05) is 13.1 Å². The van der Waals surface area contributed by atoms with Gasteiger partial charge in [-0.15, -0.1) is 21.5 Å². The van der Waals surface area contributed by atoms with Crippen LogP contribution in [0.25, 0.3) is 20.9 Å². The van der Waals surface area contributed by atoms with Gasteiger partial charge in [0.05, 0.1) is 20.8 Å². The minimum absolute atomic E-state index is 0.0230. The molecule has 0 bridgehead atoms. The van der Waals surface area contributed by atoms with Crippen LogP contribution in [0.3, 0.4) is 0 Å². The Kier molecular flexibility index (Phi) is 5.74. The van der Waals surface area contributed by atoms with Crippen LogP contribution in [0.4, 0.5) is 5.13 Å². The molecule has 4 aromatic rings. The van der Waals surface area contributed by atoms with Gasteiger partial charge in [0.25, 0.3) is 0 Å². The summed E-state index contributed by atoms with van der Waals surface area (Å²) in [5.41, 5.74) is 0.924. The Hall–Kier alpha value is -2.23. The number of thiophene rings is 1. The van der Waals surface area contributed by atoms with Crippen molar-refractivity contribution in [2.75, 3.05) is 17.2 Å². The van der Waals surface area contributed by atoms with Crippen molar-refractivity contribution in [2.24, 2.45) is 0 Å². The first-order chi connectivity index (χ1) is 13.7. The molecule has 0 radical (unpaired) electrons. The van der Waals surface area contributed by atoms with Gasteiger partial charge in [-0.3, -0.25) is 9.69 Å². The van der Waals surface area contributed by atoms with E-state index in [1.54, 1.807) is 27.6 Å². The van der Waals surface area contributed by atoms with Crippen LogP contribution in [0.1, 0.15) is 13.8 Å². The number of carbonyl (C=O) groups excluding carboxylic acids is 1. The van der Waals surface area contributed by atoms with Gasteiger partial charge in [-0.25, -0.2) is 4.98 Å². The van der Waals surface area contributed by atoms with Crippen LogP contribution < -0.4 is 4.90 Å². The molecule has 9 heteroatoms. The molecule has 0 aliphatic rings. The number of amides is 1. The molecular weight excluding hydrogens is 410 g/mol. The van der Waals surface area contributed by atoms with Crippen molar-refractivity contribution in [1.29, 1.82) is 0 Å². The number of nitrogens with zero attached hydrogens (tertiary/aromatic N) is 5. The van der Waals surface area contributed by atoms with Gasteiger partial charge in [0.1, 0.15) is 0 Å². The lowest BCUT2D eigenvalue weighted by molar-refractivity contribution is -0.116. The average Bonchev–Trinajstić information content (AvgIpc) is 3.44. The fourth-order valence-corrected chi connectivity index (χ4v) is 5.51. The van der Waals surface area contributed by atoms with E-state index in [0.717, 1.165) is 37.8 Å². The first kappa shape index (κ1) is 19.1. The maximum absolute atomic E-state index is 12.9. The molecule has 1 amide bonds. The molecular formula is C19H19N5OS3. The molecule has 3 aromatic heterocycles. The molecule has 3 heterocycles. The summed E-state index contributed by atoms with van der Waals surface area (Å²) in [5.74, 6) is 1.17. The van der Waals surface area contributed by atoms with Crippen LogP contribution in [-0.4, -0.2) is 38.0 Å². The molecule has 0 fully saturated rings. The highest BCUT2D eigenvalue weighted by Gasteiger charge is 2.20. The molecule has 0 N–H and O–H groups in total. The highest BCUT2D eigenvalue weighted by atomic mass is 32.2. The second kappa shape index (κ2) is 8.42. The third kappa shape index (κ3) is 3.69. The smallest absolute Gasteiger partial charge is 0.239 e. The predicted molar refractivity (Wildman–Crippen MR) is 117 cm³/mol. The normalized spacial score (nSPS) is 11.2. The monoisotopic (exact) mass is 429 g/mol. The van der Waals surface area contributed by atoms with Crippen molar-refractivity contribution >= 4 is 55.7 Å². The standard InChI is InChI=1S/C19H19N5OS3/c1-3-23(18-20-13-8-5-6-9-14(13)28-18)16(25)12-27-19-22-21-17(24(19)4-2)15-10-7-11-26-15/h5-11H,3-4,12H2,1-2H3. The second-order valence-electron chi connectivity index (χ2n) is 5.92. The summed E-state index contributed by atoms with van der Waals surface area (Å²) in [4.78, 5) is 20.3. The van der Waals surface area contributed by atoms with Crippen molar-refractivity contribution < 1.29 is 4.79 Å². The third-order valence-electron chi connectivity index (χ3n) is 4.23. The van der Waals surface area contributed by atoms with E-state index >= 15 is 0 Å². The zero-order valence-corrected chi connectivity index (χ0v) is 18.0. The van der Waals surface area contributed by atoms with Gasteiger partial charge in [-0.2, -0.15) is 0 Å². The average molecular weight is 430 g/mol. The van der Waals surface area contributed by atoms with Gasteiger partial charge >= 0.3 is 0 Å². The van der Waals surface area contributed by atoms with Crippen molar-refractivity contribution in [3.8, 4) is 10.7 Å². The Morgan fingerprint density at radius 3 is 2.75 bits per heavy atom. The molecule has 6 nitrogen and oxygen atoms in total. The van der Waals surface area contributed by atoms with E-state index in [0.29, 0.717) is 12.3 Å². The zero-order valence-electron chi connectivity index (χ0n) is 15.5. The van der Waals surface area contributed by atoms with Crippen LogP contribution >= 0.6 is 34.4 Å². The molecule has 0 atom stereocenters. The lowest BCUT2D eigenvalue weighted by atomic mass is 10.3. The lowest BCUT2D eigenvalue weighted by Gasteiger charge is -2.17. The molecule has 28 heavy (non-hydrogen) atoms. The fraction of sp³-hybridized carbons (Fsp3) is 0.263. The Morgan fingerprint density at radius 2 is 2.04 bits per heavy atom. The number of hydrogen-bond donors (Lipinski definition) is 0. The highest BCUT2D eigenvalue weighted by molar-refractivity contribution is 7.99. The Balaban J connectivity index is 1.50. The quantitative estimate of drug-likeness (QED) is 0.396. The summed E-state index contributed by atoms with van der Waals surface area (Å²) < 4.78 is 3.14. The number of carbonyl (C=O) groups is 1. The van der Waals surface area contributed by atoms with Crippen molar-refractivity contribution in [3.63, 3.8) is 0 Å². The van der Waals surface area contributed by atoms with Crippen LogP contribution in [0, 0.1) is 0 Å². The summed E-state index contributed by atoms with van der Waals surface area (Å²) in [7, 11) is 0.